The maximum absolute atomic E-state index is 14.1. The van der Waals surface area contributed by atoms with Crippen molar-refractivity contribution >= 4 is 23.6 Å². The molecule has 0 radical (unpaired) electrons. The van der Waals surface area contributed by atoms with Crippen LogP contribution >= 0.6 is 11.8 Å². The van der Waals surface area contributed by atoms with E-state index < -0.39 is 11.6 Å². The number of rotatable bonds is 11. The van der Waals surface area contributed by atoms with Gasteiger partial charge in [-0.25, -0.2) is 4.39 Å². The number of amides is 2. The molecule has 0 fully saturated rings. The van der Waals surface area contributed by atoms with Gasteiger partial charge in [-0.15, -0.1) is 11.8 Å². The summed E-state index contributed by atoms with van der Waals surface area (Å²) in [6.45, 7) is 6.00. The Morgan fingerprint density at radius 2 is 1.65 bits per heavy atom. The highest BCUT2D eigenvalue weighted by atomic mass is 32.2. The van der Waals surface area contributed by atoms with Crippen LogP contribution in [0.2, 0.25) is 0 Å². The van der Waals surface area contributed by atoms with Crippen LogP contribution < -0.4 is 10.1 Å². The van der Waals surface area contributed by atoms with E-state index in [1.807, 2.05) is 75.4 Å². The van der Waals surface area contributed by atoms with E-state index in [2.05, 4.69) is 5.32 Å². The topological polar surface area (TPSA) is 58.6 Å². The third-order valence-corrected chi connectivity index (χ3v) is 6.66. The standard InChI is InChI=1S/C30H35FN2O3S/c1-30(2,3)32-29(35)27(18-22-11-6-5-7-12-22)33(19-23-13-10-15-25(17-23)36-4)28(34)21-37-20-24-14-8-9-16-26(24)31/h5-17,27H,18-21H2,1-4H3,(H,32,35)/t27-/m1/s1. The Hall–Kier alpha value is -3.32. The van der Waals surface area contributed by atoms with Crippen LogP contribution in [0.25, 0.3) is 0 Å². The summed E-state index contributed by atoms with van der Waals surface area (Å²) in [5.41, 5.74) is 1.90. The summed E-state index contributed by atoms with van der Waals surface area (Å²) in [6, 6.07) is 23.0. The fraction of sp³-hybridized carbons (Fsp3) is 0.333. The van der Waals surface area contributed by atoms with E-state index in [9.17, 15) is 14.0 Å². The summed E-state index contributed by atoms with van der Waals surface area (Å²) < 4.78 is 19.5. The van der Waals surface area contributed by atoms with Crippen LogP contribution in [0.3, 0.4) is 0 Å². The van der Waals surface area contributed by atoms with Crippen molar-refractivity contribution in [3.05, 3.63) is 101 Å². The molecule has 0 aliphatic rings. The smallest absolute Gasteiger partial charge is 0.243 e. The molecular weight excluding hydrogens is 487 g/mol. The molecule has 37 heavy (non-hydrogen) atoms. The molecule has 0 saturated heterocycles. The normalized spacial score (nSPS) is 12.0. The average Bonchev–Trinajstić information content (AvgIpc) is 2.87. The van der Waals surface area contributed by atoms with Gasteiger partial charge in [0.2, 0.25) is 11.8 Å². The number of nitrogens with one attached hydrogen (secondary N) is 1. The Kier molecular flexibility index (Phi) is 10.1. The molecule has 1 atom stereocenters. The molecule has 0 unspecified atom stereocenters. The van der Waals surface area contributed by atoms with E-state index in [0.717, 1.165) is 11.1 Å². The van der Waals surface area contributed by atoms with Gasteiger partial charge in [0.15, 0.2) is 0 Å². The molecule has 1 N–H and O–H groups in total. The van der Waals surface area contributed by atoms with Crippen molar-refractivity contribution in [2.24, 2.45) is 0 Å². The zero-order valence-corrected chi connectivity index (χ0v) is 22.7. The van der Waals surface area contributed by atoms with Crippen LogP contribution in [0.5, 0.6) is 5.75 Å². The molecule has 196 valence electrons. The first-order valence-corrected chi connectivity index (χ1v) is 13.4. The largest absolute Gasteiger partial charge is 0.497 e. The molecule has 0 bridgehead atoms. The van der Waals surface area contributed by atoms with Crippen LogP contribution in [0.1, 0.15) is 37.5 Å². The summed E-state index contributed by atoms with van der Waals surface area (Å²) in [5.74, 6) is 0.468. The Bertz CT molecular complexity index is 1180. The number of nitrogens with zero attached hydrogens (tertiary/aromatic N) is 1. The lowest BCUT2D eigenvalue weighted by molar-refractivity contribution is -0.140. The molecule has 7 heteroatoms. The van der Waals surface area contributed by atoms with Gasteiger partial charge in [0.05, 0.1) is 12.9 Å². The minimum absolute atomic E-state index is 0.117. The minimum Gasteiger partial charge on any atom is -0.497 e. The molecule has 0 aliphatic carbocycles. The van der Waals surface area contributed by atoms with Gasteiger partial charge >= 0.3 is 0 Å². The molecule has 5 nitrogen and oxygen atoms in total. The first-order chi connectivity index (χ1) is 17.7. The second kappa shape index (κ2) is 13.3. The SMILES string of the molecule is COc1cccc(CN(C(=O)CSCc2ccccc2F)[C@H](Cc2ccccc2)C(=O)NC(C)(C)C)c1. The highest BCUT2D eigenvalue weighted by Gasteiger charge is 2.32. The van der Waals surface area contributed by atoms with Crippen molar-refractivity contribution in [1.82, 2.24) is 10.2 Å². The molecule has 0 aromatic heterocycles. The molecule has 0 spiro atoms. The van der Waals surface area contributed by atoms with Crippen LogP contribution in [0.4, 0.5) is 4.39 Å². The van der Waals surface area contributed by atoms with Gasteiger partial charge in [-0.1, -0.05) is 60.7 Å². The Morgan fingerprint density at radius 3 is 2.32 bits per heavy atom. The van der Waals surface area contributed by atoms with Gasteiger partial charge in [-0.05, 0) is 55.7 Å². The van der Waals surface area contributed by atoms with Crippen molar-refractivity contribution in [1.29, 1.82) is 0 Å². The van der Waals surface area contributed by atoms with Crippen molar-refractivity contribution in [3.8, 4) is 5.75 Å². The van der Waals surface area contributed by atoms with E-state index in [4.69, 9.17) is 4.74 Å². The molecular formula is C30H35FN2O3S. The van der Waals surface area contributed by atoms with E-state index in [1.54, 1.807) is 30.2 Å². The summed E-state index contributed by atoms with van der Waals surface area (Å²) in [4.78, 5) is 28.9. The van der Waals surface area contributed by atoms with Crippen molar-refractivity contribution < 1.29 is 18.7 Å². The van der Waals surface area contributed by atoms with Gasteiger partial charge in [-0.3, -0.25) is 9.59 Å². The molecule has 3 aromatic rings. The zero-order chi connectivity index (χ0) is 26.8. The Morgan fingerprint density at radius 1 is 0.973 bits per heavy atom. The molecule has 3 aromatic carbocycles. The number of hydrogen-bond donors (Lipinski definition) is 1. The van der Waals surface area contributed by atoms with Crippen molar-refractivity contribution in [2.45, 2.75) is 51.1 Å². The van der Waals surface area contributed by atoms with Crippen LogP contribution in [0, 0.1) is 5.82 Å². The zero-order valence-electron chi connectivity index (χ0n) is 21.9. The van der Waals surface area contributed by atoms with E-state index in [1.165, 1.54) is 17.8 Å². The van der Waals surface area contributed by atoms with Gasteiger partial charge < -0.3 is 15.0 Å². The second-order valence-electron chi connectivity index (χ2n) is 9.90. The average molecular weight is 523 g/mol. The highest BCUT2D eigenvalue weighted by molar-refractivity contribution is 7.99. The maximum atomic E-state index is 14.1. The number of halogens is 1. The fourth-order valence-electron chi connectivity index (χ4n) is 3.92. The van der Waals surface area contributed by atoms with Gasteiger partial charge in [0, 0.05) is 24.3 Å². The number of ether oxygens (including phenoxy) is 1. The second-order valence-corrected chi connectivity index (χ2v) is 10.9. The van der Waals surface area contributed by atoms with Gasteiger partial charge in [0.1, 0.15) is 17.6 Å². The maximum Gasteiger partial charge on any atom is 0.243 e. The monoisotopic (exact) mass is 522 g/mol. The lowest BCUT2D eigenvalue weighted by Gasteiger charge is -2.34. The fourth-order valence-corrected chi connectivity index (χ4v) is 4.82. The highest BCUT2D eigenvalue weighted by Crippen LogP contribution is 2.21. The lowest BCUT2D eigenvalue weighted by Crippen LogP contribution is -2.54. The van der Waals surface area contributed by atoms with Crippen LogP contribution in [0.15, 0.2) is 78.9 Å². The Labute approximate surface area is 223 Å². The molecule has 0 heterocycles. The third-order valence-electron chi connectivity index (χ3n) is 5.70. The predicted octanol–water partition coefficient (Wildman–Crippen LogP) is 5.62. The predicted molar refractivity (Wildman–Crippen MR) is 148 cm³/mol. The lowest BCUT2D eigenvalue weighted by atomic mass is 10.0. The number of benzene rings is 3. The number of carbonyl (C=O) groups is 2. The number of carbonyl (C=O) groups excluding carboxylic acids is 2. The summed E-state index contributed by atoms with van der Waals surface area (Å²) in [7, 11) is 1.59. The van der Waals surface area contributed by atoms with E-state index >= 15 is 0 Å². The first kappa shape index (κ1) is 28.3. The summed E-state index contributed by atoms with van der Waals surface area (Å²) in [6.07, 6.45) is 0.371. The van der Waals surface area contributed by atoms with E-state index in [-0.39, 0.29) is 29.9 Å². The number of hydrogen-bond acceptors (Lipinski definition) is 4. The Balaban J connectivity index is 1.89. The van der Waals surface area contributed by atoms with E-state index in [0.29, 0.717) is 23.5 Å². The molecule has 3 rings (SSSR count). The van der Waals surface area contributed by atoms with Crippen LogP contribution in [-0.2, 0) is 28.3 Å². The summed E-state index contributed by atoms with van der Waals surface area (Å²) in [5, 5.41) is 3.06. The quantitative estimate of drug-likeness (QED) is 0.355. The molecule has 0 aliphatic heterocycles. The van der Waals surface area contributed by atoms with Gasteiger partial charge in [-0.2, -0.15) is 0 Å². The first-order valence-electron chi connectivity index (χ1n) is 12.3. The van der Waals surface area contributed by atoms with Crippen LogP contribution in [-0.4, -0.2) is 41.2 Å². The van der Waals surface area contributed by atoms with Gasteiger partial charge in [0.25, 0.3) is 0 Å². The van der Waals surface area contributed by atoms with Crippen molar-refractivity contribution in [3.63, 3.8) is 0 Å². The minimum atomic E-state index is -0.727. The number of thioether (sulfide) groups is 1. The van der Waals surface area contributed by atoms with Crippen molar-refractivity contribution in [2.75, 3.05) is 12.9 Å². The number of methoxy groups -OCH3 is 1. The molecule has 0 saturated carbocycles. The molecule has 2 amide bonds. The third kappa shape index (κ3) is 8.93. The summed E-state index contributed by atoms with van der Waals surface area (Å²) >= 11 is 1.34.